The van der Waals surface area contributed by atoms with Gasteiger partial charge in [0.2, 0.25) is 5.90 Å². The summed E-state index contributed by atoms with van der Waals surface area (Å²) in [6.45, 7) is 5.37. The molecule has 0 aromatic heterocycles. The average Bonchev–Trinajstić information content (AvgIpc) is 3.61. The van der Waals surface area contributed by atoms with Crippen molar-refractivity contribution in [3.63, 3.8) is 0 Å². The number of methoxy groups -OCH3 is 2. The lowest BCUT2D eigenvalue weighted by atomic mass is 10.0. The molecule has 0 spiro atoms. The van der Waals surface area contributed by atoms with Gasteiger partial charge in [0.15, 0.2) is 0 Å². The van der Waals surface area contributed by atoms with E-state index in [0.29, 0.717) is 25.3 Å². The SMILES string of the molecule is COCCCNc1cc([C@@H](C)N(C(=O)[C@H]2CNCCO2)C2CC2)ccc1C(=N)OC. The Balaban J connectivity index is 1.80. The lowest BCUT2D eigenvalue weighted by molar-refractivity contribution is -0.148. The van der Waals surface area contributed by atoms with Crippen LogP contribution in [0.4, 0.5) is 5.69 Å². The highest BCUT2D eigenvalue weighted by molar-refractivity contribution is 5.97. The van der Waals surface area contributed by atoms with Crippen LogP contribution >= 0.6 is 0 Å². The first-order chi connectivity index (χ1) is 14.6. The topological polar surface area (TPSA) is 95.9 Å². The van der Waals surface area contributed by atoms with Gasteiger partial charge >= 0.3 is 0 Å². The van der Waals surface area contributed by atoms with Crippen LogP contribution < -0.4 is 10.6 Å². The number of ether oxygens (including phenoxy) is 3. The van der Waals surface area contributed by atoms with E-state index in [-0.39, 0.29) is 23.9 Å². The summed E-state index contributed by atoms with van der Waals surface area (Å²) in [6.07, 6.45) is 2.50. The second-order valence-electron chi connectivity index (χ2n) is 7.83. The monoisotopic (exact) mass is 418 g/mol. The largest absolute Gasteiger partial charge is 0.481 e. The van der Waals surface area contributed by atoms with Gasteiger partial charge in [-0.25, -0.2) is 0 Å². The molecular weight excluding hydrogens is 384 g/mol. The van der Waals surface area contributed by atoms with Gasteiger partial charge in [-0.15, -0.1) is 0 Å². The Bertz CT molecular complexity index is 732. The molecule has 3 N–H and O–H groups in total. The van der Waals surface area contributed by atoms with Crippen molar-refractivity contribution in [3.8, 4) is 0 Å². The molecule has 0 radical (unpaired) electrons. The number of rotatable bonds is 10. The fourth-order valence-electron chi connectivity index (χ4n) is 3.81. The molecule has 1 aromatic carbocycles. The van der Waals surface area contributed by atoms with E-state index in [1.165, 1.54) is 7.11 Å². The zero-order valence-electron chi connectivity index (χ0n) is 18.2. The fourth-order valence-corrected chi connectivity index (χ4v) is 3.81. The Kier molecular flexibility index (Phi) is 8.07. The quantitative estimate of drug-likeness (QED) is 0.306. The van der Waals surface area contributed by atoms with Gasteiger partial charge in [-0.1, -0.05) is 6.07 Å². The summed E-state index contributed by atoms with van der Waals surface area (Å²) in [7, 11) is 3.18. The van der Waals surface area contributed by atoms with Crippen LogP contribution in [0.1, 0.15) is 43.4 Å². The Hall–Kier alpha value is -2.16. The molecule has 8 heteroatoms. The molecule has 1 saturated heterocycles. The Morgan fingerprint density at radius 3 is 2.83 bits per heavy atom. The van der Waals surface area contributed by atoms with Gasteiger partial charge in [0.1, 0.15) is 6.10 Å². The molecule has 0 unspecified atom stereocenters. The van der Waals surface area contributed by atoms with Crippen molar-refractivity contribution in [2.24, 2.45) is 0 Å². The summed E-state index contributed by atoms with van der Waals surface area (Å²) in [5.41, 5.74) is 2.57. The minimum atomic E-state index is -0.422. The summed E-state index contributed by atoms with van der Waals surface area (Å²) in [5.74, 6) is 0.167. The van der Waals surface area contributed by atoms with E-state index >= 15 is 0 Å². The van der Waals surface area contributed by atoms with Gasteiger partial charge in [-0.3, -0.25) is 10.2 Å². The molecule has 8 nitrogen and oxygen atoms in total. The van der Waals surface area contributed by atoms with Crippen molar-refractivity contribution in [1.29, 1.82) is 5.41 Å². The van der Waals surface area contributed by atoms with Gasteiger partial charge in [-0.05, 0) is 43.9 Å². The Labute approximate surface area is 178 Å². The van der Waals surface area contributed by atoms with E-state index in [0.717, 1.165) is 43.6 Å². The summed E-state index contributed by atoms with van der Waals surface area (Å²) < 4.78 is 16.0. The molecule has 166 valence electrons. The lowest BCUT2D eigenvalue weighted by Gasteiger charge is -2.34. The molecule has 1 heterocycles. The maximum Gasteiger partial charge on any atom is 0.253 e. The smallest absolute Gasteiger partial charge is 0.253 e. The van der Waals surface area contributed by atoms with Crippen LogP contribution in [-0.4, -0.2) is 75.9 Å². The second-order valence-corrected chi connectivity index (χ2v) is 7.83. The van der Waals surface area contributed by atoms with Crippen molar-refractivity contribution in [2.75, 3.05) is 52.4 Å². The Morgan fingerprint density at radius 1 is 1.40 bits per heavy atom. The molecule has 1 aromatic rings. The van der Waals surface area contributed by atoms with Crippen LogP contribution in [0.25, 0.3) is 0 Å². The number of carbonyl (C=O) groups is 1. The van der Waals surface area contributed by atoms with Gasteiger partial charge < -0.3 is 29.7 Å². The molecule has 2 aliphatic rings. The van der Waals surface area contributed by atoms with Crippen LogP contribution in [0.2, 0.25) is 0 Å². The van der Waals surface area contributed by atoms with E-state index < -0.39 is 6.10 Å². The fraction of sp³-hybridized carbons (Fsp3) is 0.636. The predicted molar refractivity (Wildman–Crippen MR) is 116 cm³/mol. The van der Waals surface area contributed by atoms with E-state index in [4.69, 9.17) is 19.6 Å². The number of morpholine rings is 1. The van der Waals surface area contributed by atoms with Crippen LogP contribution in [0.15, 0.2) is 18.2 Å². The van der Waals surface area contributed by atoms with Gasteiger partial charge in [0.05, 0.1) is 25.3 Å². The summed E-state index contributed by atoms with van der Waals surface area (Å²) in [6, 6.07) is 6.10. The number of anilines is 1. The number of amides is 1. The number of hydrogen-bond acceptors (Lipinski definition) is 7. The standard InChI is InChI=1S/C22H34N4O4/c1-15(26(17-6-7-17)22(27)20-14-24-10-12-30-20)16-5-8-18(21(23)29-3)19(13-16)25-9-4-11-28-2/h5,8,13,15,17,20,23-25H,4,6-7,9-12,14H2,1-3H3/t15-,20-/m1/s1. The van der Waals surface area contributed by atoms with Crippen LogP contribution in [0, 0.1) is 5.41 Å². The third-order valence-electron chi connectivity index (χ3n) is 5.63. The molecule has 30 heavy (non-hydrogen) atoms. The number of nitrogens with zero attached hydrogens (tertiary/aromatic N) is 1. The highest BCUT2D eigenvalue weighted by Gasteiger charge is 2.40. The normalized spacial score (nSPS) is 19.8. The first-order valence-electron chi connectivity index (χ1n) is 10.7. The molecule has 3 rings (SSSR count). The second kappa shape index (κ2) is 10.7. The van der Waals surface area contributed by atoms with Crippen LogP contribution in [0.5, 0.6) is 0 Å². The number of nitrogens with one attached hydrogen (secondary N) is 3. The molecule has 1 aliphatic carbocycles. The number of benzene rings is 1. The van der Waals surface area contributed by atoms with Crippen LogP contribution in [0.3, 0.4) is 0 Å². The highest BCUT2D eigenvalue weighted by Crippen LogP contribution is 2.36. The van der Waals surface area contributed by atoms with Gasteiger partial charge in [-0.2, -0.15) is 0 Å². The summed E-state index contributed by atoms with van der Waals surface area (Å²) in [4.78, 5) is 15.2. The first-order valence-corrected chi connectivity index (χ1v) is 10.7. The summed E-state index contributed by atoms with van der Waals surface area (Å²) in [5, 5.41) is 14.7. The van der Waals surface area contributed by atoms with Crippen molar-refractivity contribution >= 4 is 17.5 Å². The molecule has 0 bridgehead atoms. The molecule has 2 atom stereocenters. The first kappa shape index (κ1) is 22.5. The molecule has 2 fully saturated rings. The van der Waals surface area contributed by atoms with Gasteiger partial charge in [0.25, 0.3) is 5.91 Å². The zero-order chi connectivity index (χ0) is 21.5. The lowest BCUT2D eigenvalue weighted by Crippen LogP contribution is -2.50. The van der Waals surface area contributed by atoms with E-state index in [1.807, 2.05) is 23.1 Å². The molecule has 1 saturated carbocycles. The molecular formula is C22H34N4O4. The molecule has 1 aliphatic heterocycles. The number of hydrogen-bond donors (Lipinski definition) is 3. The van der Waals surface area contributed by atoms with Crippen molar-refractivity contribution in [3.05, 3.63) is 29.3 Å². The summed E-state index contributed by atoms with van der Waals surface area (Å²) >= 11 is 0. The van der Waals surface area contributed by atoms with E-state index in [9.17, 15) is 4.79 Å². The minimum Gasteiger partial charge on any atom is -0.481 e. The third-order valence-corrected chi connectivity index (χ3v) is 5.63. The molecule has 1 amide bonds. The van der Waals surface area contributed by atoms with Crippen molar-refractivity contribution in [1.82, 2.24) is 10.2 Å². The zero-order valence-corrected chi connectivity index (χ0v) is 18.2. The third kappa shape index (κ3) is 5.50. The average molecular weight is 419 g/mol. The predicted octanol–water partition coefficient (Wildman–Crippen LogP) is 2.15. The van der Waals surface area contributed by atoms with Crippen molar-refractivity contribution in [2.45, 2.75) is 44.4 Å². The maximum atomic E-state index is 13.2. The minimum absolute atomic E-state index is 0.0560. The Morgan fingerprint density at radius 2 is 2.20 bits per heavy atom. The highest BCUT2D eigenvalue weighted by atomic mass is 16.5. The van der Waals surface area contributed by atoms with Gasteiger partial charge in [0, 0.05) is 45.1 Å². The van der Waals surface area contributed by atoms with Crippen molar-refractivity contribution < 1.29 is 19.0 Å². The van der Waals surface area contributed by atoms with E-state index in [1.54, 1.807) is 7.11 Å². The van der Waals surface area contributed by atoms with Crippen LogP contribution in [-0.2, 0) is 19.0 Å². The number of carbonyl (C=O) groups excluding carboxylic acids is 1. The van der Waals surface area contributed by atoms with E-state index in [2.05, 4.69) is 17.6 Å². The maximum absolute atomic E-state index is 13.2.